The molecule has 1 saturated heterocycles. The van der Waals surface area contributed by atoms with Crippen LogP contribution >= 0.6 is 0 Å². The van der Waals surface area contributed by atoms with E-state index >= 15 is 0 Å². The minimum atomic E-state index is -2.07. The molecule has 6 unspecified atom stereocenters. The Hall–Kier alpha value is -1.08. The Kier molecular flexibility index (Phi) is 10.5. The summed E-state index contributed by atoms with van der Waals surface area (Å²) in [6, 6.07) is 0. The zero-order valence-corrected chi connectivity index (χ0v) is 26.7. The van der Waals surface area contributed by atoms with Crippen molar-refractivity contribution in [3.05, 3.63) is 0 Å². The Labute approximate surface area is 239 Å². The van der Waals surface area contributed by atoms with Crippen LogP contribution in [-0.2, 0) is 9.53 Å². The van der Waals surface area contributed by atoms with Crippen LogP contribution in [0.5, 0.6) is 0 Å². The Morgan fingerprint density at radius 3 is 2.05 bits per heavy atom. The average molecular weight is 563 g/mol. The fraction of sp³-hybridized carbons (Fsp3) is 0.938. The monoisotopic (exact) mass is 562 g/mol. The fourth-order valence-electron chi connectivity index (χ4n) is 8.51. The number of hydrogen-bond donors (Lipinski definition) is 2. The van der Waals surface area contributed by atoms with Crippen LogP contribution in [0.3, 0.4) is 0 Å². The van der Waals surface area contributed by atoms with Crippen molar-refractivity contribution in [2.45, 2.75) is 135 Å². The quantitative estimate of drug-likeness (QED) is 0.338. The maximum Gasteiger partial charge on any atom is 0.407 e. The van der Waals surface area contributed by atoms with Crippen molar-refractivity contribution in [1.29, 1.82) is 0 Å². The molecule has 0 radical (unpaired) electrons. The summed E-state index contributed by atoms with van der Waals surface area (Å²) >= 11 is 0. The topological polar surface area (TPSA) is 78.9 Å². The van der Waals surface area contributed by atoms with Gasteiger partial charge in [-0.3, -0.25) is 4.79 Å². The number of nitrogens with zero attached hydrogens (tertiary/aromatic N) is 1. The van der Waals surface area contributed by atoms with Crippen LogP contribution in [-0.4, -0.2) is 55.2 Å². The Morgan fingerprint density at radius 2 is 1.41 bits per heavy atom. The third-order valence-electron chi connectivity index (χ3n) is 10.7. The van der Waals surface area contributed by atoms with E-state index < -0.39 is 13.9 Å². The van der Waals surface area contributed by atoms with E-state index in [0.717, 1.165) is 44.7 Å². The van der Waals surface area contributed by atoms with Gasteiger partial charge in [-0.1, -0.05) is 44.9 Å². The average Bonchev–Trinajstić information content (AvgIpc) is 2.90. The van der Waals surface area contributed by atoms with E-state index in [0.29, 0.717) is 41.7 Å². The molecule has 0 spiro atoms. The van der Waals surface area contributed by atoms with Crippen molar-refractivity contribution in [2.24, 2.45) is 35.5 Å². The largest absolute Gasteiger partial charge is 0.444 e. The highest BCUT2D eigenvalue weighted by atomic mass is 28.4. The second-order valence-corrected chi connectivity index (χ2v) is 19.4. The fourth-order valence-corrected chi connectivity index (χ4v) is 10.3. The molecule has 2 N–H and O–H groups in total. The van der Waals surface area contributed by atoms with E-state index in [1.165, 1.54) is 64.2 Å². The molecule has 7 heteroatoms. The van der Waals surface area contributed by atoms with Gasteiger partial charge in [-0.25, -0.2) is 4.79 Å². The van der Waals surface area contributed by atoms with Gasteiger partial charge < -0.3 is 19.7 Å². The molecule has 3 aliphatic carbocycles. The molecule has 4 aliphatic rings. The normalized spacial score (nSPS) is 33.4. The van der Waals surface area contributed by atoms with E-state index in [-0.39, 0.29) is 12.0 Å². The highest BCUT2D eigenvalue weighted by Crippen LogP contribution is 2.46. The number of alkyl carbamates (subject to hydrolysis) is 1. The van der Waals surface area contributed by atoms with E-state index in [1.54, 1.807) is 0 Å². The molecule has 4 rings (SSSR count). The first-order chi connectivity index (χ1) is 18.4. The number of likely N-dealkylation sites (tertiary alicyclic amines) is 1. The molecule has 0 bridgehead atoms. The Morgan fingerprint density at radius 1 is 0.821 bits per heavy atom. The van der Waals surface area contributed by atoms with Gasteiger partial charge in [0.2, 0.25) is 5.91 Å². The summed E-state index contributed by atoms with van der Waals surface area (Å²) in [4.78, 5) is 38.7. The van der Waals surface area contributed by atoms with Crippen LogP contribution in [0.15, 0.2) is 0 Å². The first-order valence-corrected chi connectivity index (χ1v) is 19.4. The summed E-state index contributed by atoms with van der Waals surface area (Å²) in [7, 11) is -2.07. The smallest absolute Gasteiger partial charge is 0.407 e. The van der Waals surface area contributed by atoms with E-state index in [4.69, 9.17) is 4.74 Å². The maximum absolute atomic E-state index is 13.6. The van der Waals surface area contributed by atoms with Crippen LogP contribution in [0, 0.1) is 35.5 Å². The van der Waals surface area contributed by atoms with Crippen molar-refractivity contribution in [3.8, 4) is 0 Å². The summed E-state index contributed by atoms with van der Waals surface area (Å²) in [5.41, 5.74) is 0.0828. The molecular formula is C32H58N2O4Si. The highest BCUT2D eigenvalue weighted by molar-refractivity contribution is 6.71. The van der Waals surface area contributed by atoms with Crippen molar-refractivity contribution in [1.82, 2.24) is 10.2 Å². The standard InChI is InChI=1S/C32H58N2O4Si/c1-32(2,3)38-31(36)33-22-23-9-6-10-25(19-23)24-15-17-34(18-16-24)30(35)28-13-7-11-26(20-28)27-12-8-14-29(21-27)39(4,5)37/h23-29,37H,6-22H2,1-5H3,(H,33,36). The second kappa shape index (κ2) is 13.3. The summed E-state index contributed by atoms with van der Waals surface area (Å²) in [6.07, 6.45) is 16.5. The van der Waals surface area contributed by atoms with Crippen LogP contribution in [0.25, 0.3) is 0 Å². The molecule has 0 aromatic heterocycles. The number of carbonyl (C=O) groups is 2. The number of rotatable bonds is 6. The number of amides is 2. The number of hydrogen-bond acceptors (Lipinski definition) is 4. The predicted molar refractivity (Wildman–Crippen MR) is 160 cm³/mol. The third kappa shape index (κ3) is 8.95. The van der Waals surface area contributed by atoms with Crippen molar-refractivity contribution >= 4 is 20.3 Å². The molecule has 224 valence electrons. The van der Waals surface area contributed by atoms with Crippen LogP contribution in [0.1, 0.15) is 111 Å². The third-order valence-corrected chi connectivity index (χ3v) is 13.2. The molecule has 0 aromatic carbocycles. The summed E-state index contributed by atoms with van der Waals surface area (Å²) in [6.45, 7) is 12.5. The van der Waals surface area contributed by atoms with Crippen molar-refractivity contribution < 1.29 is 19.1 Å². The van der Waals surface area contributed by atoms with Gasteiger partial charge >= 0.3 is 6.09 Å². The van der Waals surface area contributed by atoms with Gasteiger partial charge in [0.1, 0.15) is 5.60 Å². The molecule has 0 aromatic rings. The van der Waals surface area contributed by atoms with Crippen LogP contribution < -0.4 is 5.32 Å². The lowest BCUT2D eigenvalue weighted by Crippen LogP contribution is -2.45. The van der Waals surface area contributed by atoms with E-state index in [9.17, 15) is 14.4 Å². The van der Waals surface area contributed by atoms with Crippen LogP contribution in [0.4, 0.5) is 4.79 Å². The minimum Gasteiger partial charge on any atom is -0.444 e. The summed E-state index contributed by atoms with van der Waals surface area (Å²) < 4.78 is 5.42. The van der Waals surface area contributed by atoms with Gasteiger partial charge in [0.25, 0.3) is 0 Å². The molecule has 3 saturated carbocycles. The molecule has 1 aliphatic heterocycles. The molecular weight excluding hydrogens is 504 g/mol. The molecule has 4 fully saturated rings. The lowest BCUT2D eigenvalue weighted by Gasteiger charge is -2.43. The Balaban J connectivity index is 1.21. The zero-order valence-electron chi connectivity index (χ0n) is 25.7. The minimum absolute atomic E-state index is 0.220. The van der Waals surface area contributed by atoms with Gasteiger partial charge in [0.05, 0.1) is 0 Å². The molecule has 6 atom stereocenters. The van der Waals surface area contributed by atoms with Gasteiger partial charge in [-0.2, -0.15) is 0 Å². The van der Waals surface area contributed by atoms with Gasteiger partial charge in [0.15, 0.2) is 8.32 Å². The lowest BCUT2D eigenvalue weighted by molar-refractivity contribution is -0.139. The zero-order chi connectivity index (χ0) is 28.2. The molecule has 1 heterocycles. The second-order valence-electron chi connectivity index (χ2n) is 15.2. The molecule has 39 heavy (non-hydrogen) atoms. The number of ether oxygens (including phenoxy) is 1. The number of nitrogens with one attached hydrogen (secondary N) is 1. The van der Waals surface area contributed by atoms with E-state index in [1.807, 2.05) is 20.8 Å². The molecule has 6 nitrogen and oxygen atoms in total. The first kappa shape index (κ1) is 30.9. The SMILES string of the molecule is CC(C)(C)OC(=O)NCC1CCCC(C2CCN(C(=O)C3CCCC(C4CCCC([Si](C)(C)O)C4)C3)CC2)C1. The maximum atomic E-state index is 13.6. The van der Waals surface area contributed by atoms with Gasteiger partial charge in [-0.05, 0) is 114 Å². The van der Waals surface area contributed by atoms with Crippen molar-refractivity contribution in [3.63, 3.8) is 0 Å². The van der Waals surface area contributed by atoms with Gasteiger partial charge in [-0.15, -0.1) is 0 Å². The Bertz CT molecular complexity index is 814. The highest BCUT2D eigenvalue weighted by Gasteiger charge is 2.40. The summed E-state index contributed by atoms with van der Waals surface area (Å²) in [5, 5.41) is 3.00. The first-order valence-electron chi connectivity index (χ1n) is 16.4. The van der Waals surface area contributed by atoms with Crippen molar-refractivity contribution in [2.75, 3.05) is 19.6 Å². The van der Waals surface area contributed by atoms with E-state index in [2.05, 4.69) is 23.3 Å². The lowest BCUT2D eigenvalue weighted by atomic mass is 9.69. The number of piperidine rings is 1. The molecule has 2 amide bonds. The van der Waals surface area contributed by atoms with Crippen LogP contribution in [0.2, 0.25) is 18.6 Å². The van der Waals surface area contributed by atoms with Gasteiger partial charge in [0, 0.05) is 25.6 Å². The predicted octanol–water partition coefficient (Wildman–Crippen LogP) is 7.12. The summed E-state index contributed by atoms with van der Waals surface area (Å²) in [5.74, 6) is 4.02. The number of carbonyl (C=O) groups excluding carboxylic acids is 2.